The minimum absolute atomic E-state index is 0.0246. The largest absolute Gasteiger partial charge is 0.329 e. The third-order valence-corrected chi connectivity index (χ3v) is 3.42. The van der Waals surface area contributed by atoms with Gasteiger partial charge < -0.3 is 10.2 Å². The summed E-state index contributed by atoms with van der Waals surface area (Å²) in [4.78, 5) is 18.5. The van der Waals surface area contributed by atoms with E-state index < -0.39 is 6.04 Å². The lowest BCUT2D eigenvalue weighted by molar-refractivity contribution is -0.143. The van der Waals surface area contributed by atoms with Gasteiger partial charge in [0, 0.05) is 12.7 Å². The Morgan fingerprint density at radius 3 is 3.00 bits per heavy atom. The maximum Gasteiger partial charge on any atom is 0.241 e. The Balaban J connectivity index is 2.19. The first kappa shape index (κ1) is 13.5. The van der Waals surface area contributed by atoms with Crippen LogP contribution in [0.2, 0.25) is 0 Å². The molecule has 1 aromatic heterocycles. The van der Waals surface area contributed by atoms with Crippen LogP contribution < -0.4 is 5.32 Å². The van der Waals surface area contributed by atoms with Crippen LogP contribution in [-0.2, 0) is 11.3 Å². The van der Waals surface area contributed by atoms with Crippen LogP contribution in [0.4, 0.5) is 0 Å². The van der Waals surface area contributed by atoms with Gasteiger partial charge in [-0.1, -0.05) is 6.07 Å². The molecule has 0 radical (unpaired) electrons. The van der Waals surface area contributed by atoms with Gasteiger partial charge in [-0.3, -0.25) is 9.78 Å². The summed E-state index contributed by atoms with van der Waals surface area (Å²) in [5, 5.41) is 11.9. The van der Waals surface area contributed by atoms with Crippen molar-refractivity contribution in [1.29, 1.82) is 5.26 Å². The van der Waals surface area contributed by atoms with Crippen LogP contribution in [0.3, 0.4) is 0 Å². The molecule has 0 bridgehead atoms. The van der Waals surface area contributed by atoms with Crippen LogP contribution in [0.25, 0.3) is 0 Å². The average molecular weight is 258 g/mol. The topological polar surface area (TPSA) is 69.0 Å². The van der Waals surface area contributed by atoms with Gasteiger partial charge in [0.05, 0.1) is 30.3 Å². The molecule has 1 amide bonds. The van der Waals surface area contributed by atoms with Crippen molar-refractivity contribution in [2.24, 2.45) is 0 Å². The second-order valence-corrected chi connectivity index (χ2v) is 5.35. The molecule has 1 fully saturated rings. The van der Waals surface area contributed by atoms with Crippen molar-refractivity contribution in [2.75, 3.05) is 6.54 Å². The number of hydrogen-bond acceptors (Lipinski definition) is 4. The molecule has 5 nitrogen and oxygen atoms in total. The zero-order chi connectivity index (χ0) is 13.9. The van der Waals surface area contributed by atoms with E-state index in [1.54, 1.807) is 6.20 Å². The fourth-order valence-electron chi connectivity index (χ4n) is 2.24. The molecule has 1 atom stereocenters. The Morgan fingerprint density at radius 1 is 1.58 bits per heavy atom. The highest BCUT2D eigenvalue weighted by Crippen LogP contribution is 2.22. The van der Waals surface area contributed by atoms with Crippen LogP contribution in [0, 0.1) is 11.3 Å². The molecule has 2 rings (SSSR count). The van der Waals surface area contributed by atoms with Crippen LogP contribution in [0.15, 0.2) is 24.4 Å². The molecule has 0 spiro atoms. The first-order valence-corrected chi connectivity index (χ1v) is 6.36. The van der Waals surface area contributed by atoms with Crippen molar-refractivity contribution >= 4 is 5.91 Å². The minimum Gasteiger partial charge on any atom is -0.329 e. The van der Waals surface area contributed by atoms with Gasteiger partial charge in [0.25, 0.3) is 0 Å². The van der Waals surface area contributed by atoms with Crippen molar-refractivity contribution in [3.05, 3.63) is 30.1 Å². The third kappa shape index (κ3) is 2.91. The standard InChI is InChI=1S/C14H18N4O/c1-14(2)10-17-12(6-7-15)13(19)18(14)9-11-5-3-4-8-16-11/h3-5,8,12,17H,6,9-10H2,1-2H3. The van der Waals surface area contributed by atoms with E-state index in [4.69, 9.17) is 5.26 Å². The molecule has 100 valence electrons. The molecule has 19 heavy (non-hydrogen) atoms. The first-order chi connectivity index (χ1) is 9.04. The normalized spacial score (nSPS) is 22.1. The van der Waals surface area contributed by atoms with Gasteiger partial charge in [0.2, 0.25) is 5.91 Å². The first-order valence-electron chi connectivity index (χ1n) is 6.36. The summed E-state index contributed by atoms with van der Waals surface area (Å²) in [6, 6.07) is 7.33. The van der Waals surface area contributed by atoms with Gasteiger partial charge in [0.1, 0.15) is 6.04 Å². The van der Waals surface area contributed by atoms with Gasteiger partial charge in [-0.15, -0.1) is 0 Å². The van der Waals surface area contributed by atoms with Crippen molar-refractivity contribution in [1.82, 2.24) is 15.2 Å². The van der Waals surface area contributed by atoms with Crippen molar-refractivity contribution < 1.29 is 4.79 Å². The zero-order valence-electron chi connectivity index (χ0n) is 11.3. The number of pyridine rings is 1. The third-order valence-electron chi connectivity index (χ3n) is 3.42. The highest BCUT2D eigenvalue weighted by molar-refractivity contribution is 5.83. The summed E-state index contributed by atoms with van der Waals surface area (Å²) in [5.74, 6) is -0.0246. The zero-order valence-corrected chi connectivity index (χ0v) is 11.3. The van der Waals surface area contributed by atoms with E-state index >= 15 is 0 Å². The smallest absolute Gasteiger partial charge is 0.241 e. The SMILES string of the molecule is CC1(C)CNC(CC#N)C(=O)N1Cc1ccccn1. The molecule has 1 aliphatic rings. The number of amides is 1. The molecule has 0 saturated carbocycles. The molecular formula is C14H18N4O. The van der Waals surface area contributed by atoms with Crippen molar-refractivity contribution in [2.45, 2.75) is 38.4 Å². The molecule has 0 aliphatic carbocycles. The molecule has 1 aromatic rings. The predicted molar refractivity (Wildman–Crippen MR) is 70.9 cm³/mol. The Kier molecular flexibility index (Phi) is 3.82. The molecule has 1 saturated heterocycles. The number of nitrogens with zero attached hydrogens (tertiary/aromatic N) is 3. The summed E-state index contributed by atoms with van der Waals surface area (Å²) < 4.78 is 0. The fraction of sp³-hybridized carbons (Fsp3) is 0.500. The summed E-state index contributed by atoms with van der Waals surface area (Å²) >= 11 is 0. The van der Waals surface area contributed by atoms with Crippen LogP contribution in [0.1, 0.15) is 26.0 Å². The number of carbonyl (C=O) groups is 1. The minimum atomic E-state index is -0.401. The highest BCUT2D eigenvalue weighted by atomic mass is 16.2. The second-order valence-electron chi connectivity index (χ2n) is 5.35. The molecule has 1 aliphatic heterocycles. The van der Waals surface area contributed by atoms with E-state index in [-0.39, 0.29) is 17.9 Å². The number of piperazine rings is 1. The fourth-order valence-corrected chi connectivity index (χ4v) is 2.24. The lowest BCUT2D eigenvalue weighted by Gasteiger charge is -2.45. The van der Waals surface area contributed by atoms with Crippen LogP contribution in [-0.4, -0.2) is 33.9 Å². The Labute approximate surface area is 113 Å². The second kappa shape index (κ2) is 5.37. The van der Waals surface area contributed by atoms with Crippen molar-refractivity contribution in [3.8, 4) is 6.07 Å². The number of carbonyl (C=O) groups excluding carboxylic acids is 1. The van der Waals surface area contributed by atoms with E-state index in [1.165, 1.54) is 0 Å². The van der Waals surface area contributed by atoms with Gasteiger partial charge in [-0.05, 0) is 26.0 Å². The Bertz CT molecular complexity index is 492. The van der Waals surface area contributed by atoms with Gasteiger partial charge in [-0.25, -0.2) is 0 Å². The maximum absolute atomic E-state index is 12.4. The predicted octanol–water partition coefficient (Wildman–Crippen LogP) is 1.07. The number of aromatic nitrogens is 1. The molecule has 1 N–H and O–H groups in total. The lowest BCUT2D eigenvalue weighted by atomic mass is 9.95. The monoisotopic (exact) mass is 258 g/mol. The van der Waals surface area contributed by atoms with Crippen molar-refractivity contribution in [3.63, 3.8) is 0 Å². The highest BCUT2D eigenvalue weighted by Gasteiger charge is 2.39. The molecule has 5 heteroatoms. The number of hydrogen-bond donors (Lipinski definition) is 1. The van der Waals surface area contributed by atoms with E-state index in [0.29, 0.717) is 13.1 Å². The van der Waals surface area contributed by atoms with Gasteiger partial charge >= 0.3 is 0 Å². The summed E-state index contributed by atoms with van der Waals surface area (Å²) in [5.41, 5.74) is 0.585. The van der Waals surface area contributed by atoms with E-state index in [0.717, 1.165) is 5.69 Å². The quantitative estimate of drug-likeness (QED) is 0.880. The Hall–Kier alpha value is -1.93. The summed E-state index contributed by atoms with van der Waals surface area (Å²) in [7, 11) is 0. The summed E-state index contributed by atoms with van der Waals surface area (Å²) in [6.45, 7) is 5.20. The molecule has 2 heterocycles. The summed E-state index contributed by atoms with van der Waals surface area (Å²) in [6.07, 6.45) is 1.93. The van der Waals surface area contributed by atoms with E-state index in [2.05, 4.69) is 16.4 Å². The maximum atomic E-state index is 12.4. The Morgan fingerprint density at radius 2 is 2.37 bits per heavy atom. The molecular weight excluding hydrogens is 240 g/mol. The van der Waals surface area contributed by atoms with E-state index in [9.17, 15) is 4.79 Å². The molecule has 0 aromatic carbocycles. The number of nitriles is 1. The number of rotatable bonds is 3. The van der Waals surface area contributed by atoms with Crippen LogP contribution in [0.5, 0.6) is 0 Å². The van der Waals surface area contributed by atoms with Gasteiger partial charge in [0.15, 0.2) is 0 Å². The van der Waals surface area contributed by atoms with E-state index in [1.807, 2.05) is 36.9 Å². The average Bonchev–Trinajstić information content (AvgIpc) is 2.40. The molecule has 1 unspecified atom stereocenters. The number of nitrogens with one attached hydrogen (secondary N) is 1. The van der Waals surface area contributed by atoms with Crippen LogP contribution >= 0.6 is 0 Å². The lowest BCUT2D eigenvalue weighted by Crippen LogP contribution is -2.64. The van der Waals surface area contributed by atoms with Gasteiger partial charge in [-0.2, -0.15) is 5.26 Å².